The van der Waals surface area contributed by atoms with E-state index in [1.165, 1.54) is 5.56 Å². The fraction of sp³-hybridized carbons (Fsp3) is 0.130. The Bertz CT molecular complexity index is 1090. The van der Waals surface area contributed by atoms with E-state index in [-0.39, 0.29) is 11.8 Å². The van der Waals surface area contributed by atoms with Crippen molar-refractivity contribution >= 4 is 16.7 Å². The van der Waals surface area contributed by atoms with Crippen molar-refractivity contribution in [2.24, 2.45) is 0 Å². The van der Waals surface area contributed by atoms with E-state index in [0.29, 0.717) is 0 Å². The second kappa shape index (κ2) is 7.08. The zero-order valence-electron chi connectivity index (χ0n) is 15.4. The van der Waals surface area contributed by atoms with Gasteiger partial charge in [0.05, 0.1) is 11.4 Å². The number of pyridine rings is 2. The topological polar surface area (TPSA) is 59.3 Å². The molecule has 0 saturated heterocycles. The van der Waals surface area contributed by atoms with Crippen LogP contribution in [0.4, 0.5) is 5.82 Å². The maximum atomic E-state index is 11.0. The van der Waals surface area contributed by atoms with Gasteiger partial charge in [-0.15, -0.1) is 0 Å². The average Bonchev–Trinajstić information content (AvgIpc) is 2.70. The van der Waals surface area contributed by atoms with Crippen LogP contribution in [-0.2, 0) is 0 Å². The molecule has 1 unspecified atom stereocenters. The molecule has 4 rings (SSSR count). The number of aromatic hydroxyl groups is 1. The molecule has 4 aromatic rings. The molecular weight excluding hydrogens is 334 g/mol. The van der Waals surface area contributed by atoms with E-state index in [1.807, 2.05) is 48.7 Å². The fourth-order valence-electron chi connectivity index (χ4n) is 3.42. The zero-order valence-corrected chi connectivity index (χ0v) is 15.4. The molecular formula is C23H22N3O+. The number of phenolic OH excluding ortho intramolecular Hbond substituents is 1. The van der Waals surface area contributed by atoms with Crippen LogP contribution in [0.15, 0.2) is 73.1 Å². The van der Waals surface area contributed by atoms with Crippen molar-refractivity contribution in [1.82, 2.24) is 4.98 Å². The summed E-state index contributed by atoms with van der Waals surface area (Å²) in [5.74, 6) is 1.02. The third kappa shape index (κ3) is 3.34. The Balaban J connectivity index is 1.90. The molecule has 0 amide bonds. The van der Waals surface area contributed by atoms with Gasteiger partial charge in [0, 0.05) is 17.8 Å². The molecule has 0 bridgehead atoms. The molecule has 0 spiro atoms. The number of anilines is 1. The first-order chi connectivity index (χ1) is 13.1. The number of hydrogen-bond acceptors (Lipinski definition) is 3. The molecule has 1 atom stereocenters. The number of aromatic nitrogens is 2. The van der Waals surface area contributed by atoms with Crippen molar-refractivity contribution < 1.29 is 10.1 Å². The first-order valence-electron chi connectivity index (χ1n) is 9.00. The van der Waals surface area contributed by atoms with Crippen molar-refractivity contribution in [3.05, 3.63) is 95.3 Å². The molecule has 0 aliphatic carbocycles. The van der Waals surface area contributed by atoms with Crippen LogP contribution in [0.3, 0.4) is 0 Å². The van der Waals surface area contributed by atoms with Gasteiger partial charge in [0.25, 0.3) is 5.52 Å². The number of nitrogens with one attached hydrogen (secondary N) is 2. The maximum absolute atomic E-state index is 11.0. The second-order valence-electron chi connectivity index (χ2n) is 6.79. The van der Waals surface area contributed by atoms with Crippen molar-refractivity contribution in [2.75, 3.05) is 5.32 Å². The minimum absolute atomic E-state index is 0.224. The molecule has 0 saturated carbocycles. The number of aryl methyl sites for hydroxylation is 2. The molecule has 4 heteroatoms. The Labute approximate surface area is 158 Å². The van der Waals surface area contributed by atoms with Crippen LogP contribution in [0.25, 0.3) is 10.9 Å². The number of H-pyrrole nitrogens is 1. The largest absolute Gasteiger partial charge is 0.502 e. The number of rotatable bonds is 4. The Morgan fingerprint density at radius 2 is 1.85 bits per heavy atom. The first-order valence-corrected chi connectivity index (χ1v) is 9.00. The lowest BCUT2D eigenvalue weighted by atomic mass is 9.92. The second-order valence-corrected chi connectivity index (χ2v) is 6.79. The normalized spacial score (nSPS) is 12.1. The molecule has 4 nitrogen and oxygen atoms in total. The highest BCUT2D eigenvalue weighted by Crippen LogP contribution is 2.36. The van der Waals surface area contributed by atoms with Gasteiger partial charge < -0.3 is 10.4 Å². The average molecular weight is 356 g/mol. The molecule has 0 aliphatic rings. The molecule has 2 aromatic carbocycles. The third-order valence-electron chi connectivity index (χ3n) is 4.85. The fourth-order valence-corrected chi connectivity index (χ4v) is 3.42. The molecule has 2 heterocycles. The highest BCUT2D eigenvalue weighted by molar-refractivity contribution is 5.83. The van der Waals surface area contributed by atoms with E-state index < -0.39 is 0 Å². The van der Waals surface area contributed by atoms with Crippen molar-refractivity contribution in [1.29, 1.82) is 0 Å². The van der Waals surface area contributed by atoms with Crippen LogP contribution in [0.5, 0.6) is 5.75 Å². The number of benzene rings is 2. The van der Waals surface area contributed by atoms with Gasteiger partial charge in [0.1, 0.15) is 5.82 Å². The van der Waals surface area contributed by atoms with Crippen molar-refractivity contribution in [3.8, 4) is 5.75 Å². The SMILES string of the molecule is Cc1ccc(C)c(C(Nc2ccccn2)c2ccc3ccc[nH+]c3c2O)c1. The van der Waals surface area contributed by atoms with E-state index in [4.69, 9.17) is 0 Å². The van der Waals surface area contributed by atoms with Gasteiger partial charge in [-0.1, -0.05) is 35.9 Å². The van der Waals surface area contributed by atoms with Gasteiger partial charge in [0.2, 0.25) is 0 Å². The van der Waals surface area contributed by atoms with Crippen LogP contribution < -0.4 is 10.3 Å². The monoisotopic (exact) mass is 356 g/mol. The number of nitrogens with zero attached hydrogens (tertiary/aromatic N) is 1. The standard InChI is InChI=1S/C23H21N3O/c1-15-8-9-16(2)19(14-15)22(26-20-7-3-4-12-24-20)18-11-10-17-6-5-13-25-21(17)23(18)27/h3-14,22,27H,1-2H3,(H,24,26)/p+1. The van der Waals surface area contributed by atoms with Gasteiger partial charge in [-0.25, -0.2) is 9.97 Å². The zero-order chi connectivity index (χ0) is 18.8. The minimum atomic E-state index is -0.224. The molecule has 3 N–H and O–H groups in total. The van der Waals surface area contributed by atoms with Gasteiger partial charge >= 0.3 is 0 Å². The van der Waals surface area contributed by atoms with Crippen molar-refractivity contribution in [3.63, 3.8) is 0 Å². The Hall–Kier alpha value is -3.40. The molecule has 0 aliphatic heterocycles. The summed E-state index contributed by atoms with van der Waals surface area (Å²) in [6.45, 7) is 4.17. The highest BCUT2D eigenvalue weighted by atomic mass is 16.3. The lowest BCUT2D eigenvalue weighted by Gasteiger charge is -2.23. The van der Waals surface area contributed by atoms with E-state index in [1.54, 1.807) is 6.20 Å². The third-order valence-corrected chi connectivity index (χ3v) is 4.85. The number of hydrogen-bond donors (Lipinski definition) is 2. The molecule has 0 fully saturated rings. The Morgan fingerprint density at radius 1 is 0.963 bits per heavy atom. The number of fused-ring (bicyclic) bond motifs is 1. The Morgan fingerprint density at radius 3 is 2.67 bits per heavy atom. The van der Waals surface area contributed by atoms with Crippen LogP contribution in [0, 0.1) is 13.8 Å². The predicted octanol–water partition coefficient (Wildman–Crippen LogP) is 4.57. The van der Waals surface area contributed by atoms with Crippen LogP contribution in [-0.4, -0.2) is 10.1 Å². The van der Waals surface area contributed by atoms with Crippen LogP contribution >= 0.6 is 0 Å². The summed E-state index contributed by atoms with van der Waals surface area (Å²) in [6, 6.07) is 19.8. The quantitative estimate of drug-likeness (QED) is 0.563. The summed E-state index contributed by atoms with van der Waals surface area (Å²) in [7, 11) is 0. The Kier molecular flexibility index (Phi) is 4.47. The van der Waals surface area contributed by atoms with E-state index >= 15 is 0 Å². The lowest BCUT2D eigenvalue weighted by Crippen LogP contribution is -2.16. The smallest absolute Gasteiger partial charge is 0.253 e. The summed E-state index contributed by atoms with van der Waals surface area (Å²) < 4.78 is 0. The van der Waals surface area contributed by atoms with E-state index in [9.17, 15) is 5.11 Å². The predicted molar refractivity (Wildman–Crippen MR) is 108 cm³/mol. The first kappa shape index (κ1) is 17.0. The lowest BCUT2D eigenvalue weighted by molar-refractivity contribution is -0.345. The molecule has 0 radical (unpaired) electrons. The number of aromatic amines is 1. The van der Waals surface area contributed by atoms with Crippen LogP contribution in [0.1, 0.15) is 28.3 Å². The summed E-state index contributed by atoms with van der Waals surface area (Å²) in [4.78, 5) is 7.58. The summed E-state index contributed by atoms with van der Waals surface area (Å²) in [5, 5.41) is 15.5. The van der Waals surface area contributed by atoms with E-state index in [2.05, 4.69) is 47.3 Å². The molecule has 134 valence electrons. The summed E-state index contributed by atoms with van der Waals surface area (Å²) in [5.41, 5.74) is 4.99. The summed E-state index contributed by atoms with van der Waals surface area (Å²) in [6.07, 6.45) is 3.58. The van der Waals surface area contributed by atoms with Gasteiger partial charge in [-0.3, -0.25) is 0 Å². The van der Waals surface area contributed by atoms with Gasteiger partial charge in [-0.2, -0.15) is 0 Å². The highest BCUT2D eigenvalue weighted by Gasteiger charge is 2.23. The molecule has 2 aromatic heterocycles. The van der Waals surface area contributed by atoms with Gasteiger partial charge in [0.15, 0.2) is 11.9 Å². The summed E-state index contributed by atoms with van der Waals surface area (Å²) >= 11 is 0. The number of phenols is 1. The van der Waals surface area contributed by atoms with Gasteiger partial charge in [-0.05, 0) is 49.2 Å². The van der Waals surface area contributed by atoms with E-state index in [0.717, 1.165) is 33.4 Å². The maximum Gasteiger partial charge on any atom is 0.253 e. The van der Waals surface area contributed by atoms with Crippen molar-refractivity contribution in [2.45, 2.75) is 19.9 Å². The minimum Gasteiger partial charge on any atom is -0.502 e. The molecule has 27 heavy (non-hydrogen) atoms. The van der Waals surface area contributed by atoms with Crippen LogP contribution in [0.2, 0.25) is 0 Å².